The number of hydrogen-bond donors (Lipinski definition) is 2. The number of rotatable bonds is 4. The molecule has 5 heterocycles. The molecule has 3 aliphatic heterocycles. The minimum absolute atomic E-state index is 0.280. The Bertz CT molecular complexity index is 1130. The number of aromatic nitrogens is 3. The molecule has 9 heteroatoms. The third kappa shape index (κ3) is 3.87. The van der Waals surface area contributed by atoms with E-state index in [1.807, 2.05) is 24.0 Å². The smallest absolute Gasteiger partial charge is 0.162 e. The van der Waals surface area contributed by atoms with Gasteiger partial charge in [0.1, 0.15) is 11.6 Å². The van der Waals surface area contributed by atoms with Crippen molar-refractivity contribution in [2.24, 2.45) is 0 Å². The van der Waals surface area contributed by atoms with E-state index in [-0.39, 0.29) is 5.82 Å². The second kappa shape index (κ2) is 8.62. The number of fused-ring (bicyclic) bond motifs is 2. The van der Waals surface area contributed by atoms with Gasteiger partial charge in [-0.05, 0) is 18.2 Å². The van der Waals surface area contributed by atoms with Gasteiger partial charge in [0.15, 0.2) is 5.82 Å². The Balaban J connectivity index is 1.39. The highest BCUT2D eigenvalue weighted by Gasteiger charge is 2.32. The van der Waals surface area contributed by atoms with Crippen LogP contribution < -0.4 is 10.2 Å². The number of morpholine rings is 1. The minimum atomic E-state index is -0.280. The van der Waals surface area contributed by atoms with E-state index in [9.17, 15) is 4.39 Å². The van der Waals surface area contributed by atoms with Gasteiger partial charge >= 0.3 is 0 Å². The minimum Gasteiger partial charge on any atom is -0.378 e. The Morgan fingerprint density at radius 1 is 1.12 bits per heavy atom. The number of anilines is 1. The molecule has 168 valence electrons. The molecule has 6 rings (SSSR count). The standard InChI is InChI=1S/C23H27FN6OS/c24-15-11-18(17-1-2-26-19(17)12-15)22-27-20-13-16(14-29-5-3-25-4-6-29)32-21(20)23(28-22)30-7-9-31-10-8-30/h1-2,11-12,16,25-26H,3-10,13-14H2. The highest BCUT2D eigenvalue weighted by molar-refractivity contribution is 8.00. The predicted octanol–water partition coefficient (Wildman–Crippen LogP) is 2.52. The maximum Gasteiger partial charge on any atom is 0.162 e. The fourth-order valence-electron chi connectivity index (χ4n) is 4.88. The van der Waals surface area contributed by atoms with Gasteiger partial charge in [0.05, 0.1) is 23.8 Å². The van der Waals surface area contributed by atoms with Gasteiger partial charge in [0.2, 0.25) is 0 Å². The monoisotopic (exact) mass is 454 g/mol. The second-order valence-electron chi connectivity index (χ2n) is 8.63. The van der Waals surface area contributed by atoms with E-state index in [0.29, 0.717) is 24.3 Å². The average molecular weight is 455 g/mol. The quantitative estimate of drug-likeness (QED) is 0.628. The molecule has 0 radical (unpaired) electrons. The largest absolute Gasteiger partial charge is 0.378 e. The molecule has 3 aliphatic rings. The van der Waals surface area contributed by atoms with Crippen LogP contribution in [0.2, 0.25) is 0 Å². The van der Waals surface area contributed by atoms with E-state index < -0.39 is 0 Å². The summed E-state index contributed by atoms with van der Waals surface area (Å²) >= 11 is 1.91. The van der Waals surface area contributed by atoms with E-state index in [4.69, 9.17) is 14.7 Å². The molecule has 2 N–H and O–H groups in total. The van der Waals surface area contributed by atoms with Crippen LogP contribution in [0.1, 0.15) is 5.69 Å². The maximum absolute atomic E-state index is 14.4. The van der Waals surface area contributed by atoms with Crippen molar-refractivity contribution in [2.45, 2.75) is 16.6 Å². The third-order valence-corrected chi connectivity index (χ3v) is 7.78. The van der Waals surface area contributed by atoms with Crippen molar-refractivity contribution in [3.63, 3.8) is 0 Å². The van der Waals surface area contributed by atoms with Gasteiger partial charge in [0, 0.05) is 80.1 Å². The lowest BCUT2D eigenvalue weighted by Crippen LogP contribution is -2.45. The number of ether oxygens (including phenoxy) is 1. The zero-order valence-corrected chi connectivity index (χ0v) is 18.8. The summed E-state index contributed by atoms with van der Waals surface area (Å²) in [6, 6.07) is 5.05. The third-order valence-electron chi connectivity index (χ3n) is 6.48. The molecule has 2 saturated heterocycles. The van der Waals surface area contributed by atoms with Crippen LogP contribution in [-0.4, -0.2) is 84.1 Å². The number of halogens is 1. The fraction of sp³-hybridized carbons (Fsp3) is 0.478. The number of nitrogens with zero attached hydrogens (tertiary/aromatic N) is 4. The van der Waals surface area contributed by atoms with Crippen molar-refractivity contribution >= 4 is 28.5 Å². The van der Waals surface area contributed by atoms with E-state index in [2.05, 4.69) is 20.1 Å². The summed E-state index contributed by atoms with van der Waals surface area (Å²) in [5.41, 5.74) is 2.60. The van der Waals surface area contributed by atoms with Crippen molar-refractivity contribution in [1.29, 1.82) is 0 Å². The summed E-state index contributed by atoms with van der Waals surface area (Å²) in [6.45, 7) is 8.38. The molecule has 0 saturated carbocycles. The van der Waals surface area contributed by atoms with Crippen molar-refractivity contribution < 1.29 is 9.13 Å². The summed E-state index contributed by atoms with van der Waals surface area (Å²) in [6.07, 6.45) is 2.76. The molecule has 2 fully saturated rings. The first-order valence-electron chi connectivity index (χ1n) is 11.3. The summed E-state index contributed by atoms with van der Waals surface area (Å²) in [7, 11) is 0. The van der Waals surface area contributed by atoms with Crippen molar-refractivity contribution in [3.8, 4) is 11.4 Å². The summed E-state index contributed by atoms with van der Waals surface area (Å²) in [5.74, 6) is 1.31. The van der Waals surface area contributed by atoms with Crippen LogP contribution in [-0.2, 0) is 11.2 Å². The zero-order chi connectivity index (χ0) is 21.5. The lowest BCUT2D eigenvalue weighted by Gasteiger charge is -2.30. The normalized spacial score (nSPS) is 21.9. The number of piperazine rings is 1. The topological polar surface area (TPSA) is 69.3 Å². The molecule has 2 aromatic heterocycles. The molecule has 1 atom stereocenters. The fourth-order valence-corrected chi connectivity index (χ4v) is 6.28. The van der Waals surface area contributed by atoms with Crippen LogP contribution in [0.25, 0.3) is 22.3 Å². The molecule has 32 heavy (non-hydrogen) atoms. The molecule has 7 nitrogen and oxygen atoms in total. The first-order chi connectivity index (χ1) is 15.7. The van der Waals surface area contributed by atoms with Crippen LogP contribution in [0.4, 0.5) is 10.2 Å². The Morgan fingerprint density at radius 2 is 1.97 bits per heavy atom. The Morgan fingerprint density at radius 3 is 2.81 bits per heavy atom. The van der Waals surface area contributed by atoms with Crippen LogP contribution in [0.5, 0.6) is 0 Å². The van der Waals surface area contributed by atoms with Gasteiger partial charge in [-0.3, -0.25) is 4.90 Å². The molecular formula is C23H27FN6OS. The second-order valence-corrected chi connectivity index (χ2v) is 9.94. The first-order valence-corrected chi connectivity index (χ1v) is 12.2. The number of nitrogens with one attached hydrogen (secondary N) is 2. The number of benzene rings is 1. The molecule has 1 unspecified atom stereocenters. The molecule has 1 aromatic carbocycles. The average Bonchev–Trinajstić information content (AvgIpc) is 3.45. The van der Waals surface area contributed by atoms with Crippen LogP contribution in [0, 0.1) is 5.82 Å². The van der Waals surface area contributed by atoms with Crippen LogP contribution in [0.15, 0.2) is 29.3 Å². The van der Waals surface area contributed by atoms with E-state index in [0.717, 1.165) is 80.2 Å². The Labute approximate surface area is 190 Å². The predicted molar refractivity (Wildman–Crippen MR) is 125 cm³/mol. The SMILES string of the molecule is Fc1cc(-c2nc3c(c(N4CCOCC4)n2)SC(CN2CCNCC2)C3)c2cc[nH]c2c1. The van der Waals surface area contributed by atoms with E-state index in [1.54, 1.807) is 6.07 Å². The molecule has 3 aromatic rings. The van der Waals surface area contributed by atoms with Crippen LogP contribution in [0.3, 0.4) is 0 Å². The maximum atomic E-state index is 14.4. The zero-order valence-electron chi connectivity index (χ0n) is 17.9. The number of thioether (sulfide) groups is 1. The Hall–Kier alpha value is -2.20. The molecule has 0 aliphatic carbocycles. The lowest BCUT2D eigenvalue weighted by atomic mass is 10.1. The highest BCUT2D eigenvalue weighted by atomic mass is 32.2. The van der Waals surface area contributed by atoms with Gasteiger partial charge in [-0.25, -0.2) is 14.4 Å². The van der Waals surface area contributed by atoms with Crippen molar-refractivity contribution in [3.05, 3.63) is 35.9 Å². The van der Waals surface area contributed by atoms with Crippen molar-refractivity contribution in [2.75, 3.05) is 63.9 Å². The highest BCUT2D eigenvalue weighted by Crippen LogP contribution is 2.43. The van der Waals surface area contributed by atoms with E-state index >= 15 is 0 Å². The lowest BCUT2D eigenvalue weighted by molar-refractivity contribution is 0.122. The van der Waals surface area contributed by atoms with Gasteiger partial charge in [0.25, 0.3) is 0 Å². The Kier molecular flexibility index (Phi) is 5.50. The summed E-state index contributed by atoms with van der Waals surface area (Å²) in [4.78, 5) is 19.2. The molecule has 0 bridgehead atoms. The molecule has 0 amide bonds. The van der Waals surface area contributed by atoms with Gasteiger partial charge in [-0.1, -0.05) is 0 Å². The van der Waals surface area contributed by atoms with Crippen LogP contribution >= 0.6 is 11.8 Å². The van der Waals surface area contributed by atoms with Gasteiger partial charge < -0.3 is 19.9 Å². The van der Waals surface area contributed by atoms with E-state index in [1.165, 1.54) is 11.0 Å². The first kappa shape index (κ1) is 20.4. The number of hydrogen-bond acceptors (Lipinski definition) is 7. The molecular weight excluding hydrogens is 427 g/mol. The van der Waals surface area contributed by atoms with Crippen molar-refractivity contribution in [1.82, 2.24) is 25.2 Å². The number of aromatic amines is 1. The summed E-state index contributed by atoms with van der Waals surface area (Å²) < 4.78 is 20.0. The number of H-pyrrole nitrogens is 1. The molecule has 0 spiro atoms. The summed E-state index contributed by atoms with van der Waals surface area (Å²) in [5, 5.41) is 4.84. The van der Waals surface area contributed by atoms with Gasteiger partial charge in [-0.15, -0.1) is 11.8 Å². The van der Waals surface area contributed by atoms with Gasteiger partial charge in [-0.2, -0.15) is 0 Å².